The highest BCUT2D eigenvalue weighted by atomic mass is 15.3. The van der Waals surface area contributed by atoms with Crippen molar-refractivity contribution in [3.8, 4) is 0 Å². The second-order valence-corrected chi connectivity index (χ2v) is 3.35. The maximum Gasteiger partial charge on any atom is 0.192 e. The second-order valence-electron chi connectivity index (χ2n) is 3.35. The number of guanidine groups is 1. The van der Waals surface area contributed by atoms with Crippen LogP contribution in [0, 0.1) is 5.41 Å². The Bertz CT molecular complexity index is 132. The quantitative estimate of drug-likeness (QED) is 0.395. The fourth-order valence-electron chi connectivity index (χ4n) is 1.05. The van der Waals surface area contributed by atoms with Crippen molar-refractivity contribution in [2.75, 3.05) is 27.7 Å². The maximum absolute atomic E-state index is 7.64. The lowest BCUT2D eigenvalue weighted by molar-refractivity contribution is 0.407. The summed E-state index contributed by atoms with van der Waals surface area (Å²) >= 11 is 0. The molecule has 1 N–H and O–H groups in total. The van der Waals surface area contributed by atoms with Crippen LogP contribution in [-0.2, 0) is 0 Å². The van der Waals surface area contributed by atoms with Crippen LogP contribution in [0.25, 0.3) is 0 Å². The Kier molecular flexibility index (Phi) is 5.51. The van der Waals surface area contributed by atoms with Crippen LogP contribution in [0.1, 0.15) is 26.2 Å². The van der Waals surface area contributed by atoms with Crippen molar-refractivity contribution in [1.29, 1.82) is 5.41 Å². The molecule has 0 spiro atoms. The van der Waals surface area contributed by atoms with Crippen LogP contribution >= 0.6 is 0 Å². The number of unbranched alkanes of at least 4 members (excludes halogenated alkanes) is 2. The second kappa shape index (κ2) is 5.86. The molecule has 0 aromatic rings. The molecule has 0 saturated heterocycles. The van der Waals surface area contributed by atoms with Gasteiger partial charge in [-0.2, -0.15) is 0 Å². The topological polar surface area (TPSA) is 30.3 Å². The molecule has 0 unspecified atom stereocenters. The summed E-state index contributed by atoms with van der Waals surface area (Å²) < 4.78 is 0. The Morgan fingerprint density at radius 2 is 1.75 bits per heavy atom. The van der Waals surface area contributed by atoms with E-state index in [-0.39, 0.29) is 0 Å². The lowest BCUT2D eigenvalue weighted by Gasteiger charge is -2.24. The Labute approximate surface area is 75.9 Å². The monoisotopic (exact) mass is 171 g/mol. The van der Waals surface area contributed by atoms with Crippen LogP contribution < -0.4 is 0 Å². The molecule has 12 heavy (non-hydrogen) atoms. The summed E-state index contributed by atoms with van der Waals surface area (Å²) in [6.45, 7) is 3.18. The molecule has 0 amide bonds. The van der Waals surface area contributed by atoms with E-state index in [4.69, 9.17) is 5.41 Å². The van der Waals surface area contributed by atoms with Gasteiger partial charge in [0, 0.05) is 27.7 Å². The summed E-state index contributed by atoms with van der Waals surface area (Å²) in [5.74, 6) is 0.589. The van der Waals surface area contributed by atoms with Crippen LogP contribution in [0.15, 0.2) is 0 Å². The molecule has 0 rings (SSSR count). The Hall–Kier alpha value is -0.730. The van der Waals surface area contributed by atoms with E-state index in [1.54, 1.807) is 0 Å². The van der Waals surface area contributed by atoms with E-state index < -0.39 is 0 Å². The molecule has 0 aromatic carbocycles. The van der Waals surface area contributed by atoms with Gasteiger partial charge in [0.15, 0.2) is 5.96 Å². The van der Waals surface area contributed by atoms with Gasteiger partial charge in [-0.25, -0.2) is 0 Å². The lowest BCUT2D eigenvalue weighted by atomic mass is 10.2. The van der Waals surface area contributed by atoms with Crippen LogP contribution in [0.3, 0.4) is 0 Å². The first-order chi connectivity index (χ1) is 5.59. The Morgan fingerprint density at radius 3 is 2.17 bits per heavy atom. The average Bonchev–Trinajstić information content (AvgIpc) is 2.03. The Balaban J connectivity index is 3.57. The maximum atomic E-state index is 7.64. The first-order valence-corrected chi connectivity index (χ1v) is 4.56. The average molecular weight is 171 g/mol. The molecular formula is C9H21N3. The molecule has 0 saturated carbocycles. The fourth-order valence-corrected chi connectivity index (χ4v) is 1.05. The largest absolute Gasteiger partial charge is 0.349 e. The standard InChI is InChI=1S/C9H21N3/c1-5-6-7-8-12(4)9(10)11(2)3/h10H,5-8H2,1-4H3. The molecule has 0 aliphatic rings. The minimum Gasteiger partial charge on any atom is -0.349 e. The first-order valence-electron chi connectivity index (χ1n) is 4.56. The Morgan fingerprint density at radius 1 is 1.17 bits per heavy atom. The van der Waals surface area contributed by atoms with Gasteiger partial charge in [0.25, 0.3) is 0 Å². The van der Waals surface area contributed by atoms with Gasteiger partial charge in [0.2, 0.25) is 0 Å². The number of hydrogen-bond acceptors (Lipinski definition) is 1. The highest BCUT2D eigenvalue weighted by molar-refractivity contribution is 5.75. The van der Waals surface area contributed by atoms with Crippen molar-refractivity contribution in [1.82, 2.24) is 9.80 Å². The van der Waals surface area contributed by atoms with Crippen molar-refractivity contribution in [2.45, 2.75) is 26.2 Å². The molecule has 0 aliphatic heterocycles. The molecule has 0 bridgehead atoms. The van der Waals surface area contributed by atoms with Gasteiger partial charge in [0.05, 0.1) is 0 Å². The van der Waals surface area contributed by atoms with Gasteiger partial charge < -0.3 is 9.80 Å². The molecule has 0 radical (unpaired) electrons. The van der Waals surface area contributed by atoms with Crippen molar-refractivity contribution >= 4 is 5.96 Å². The van der Waals surface area contributed by atoms with Crippen molar-refractivity contribution < 1.29 is 0 Å². The van der Waals surface area contributed by atoms with Crippen LogP contribution in [0.5, 0.6) is 0 Å². The third-order valence-electron chi connectivity index (χ3n) is 1.88. The first kappa shape index (κ1) is 11.3. The van der Waals surface area contributed by atoms with E-state index in [2.05, 4.69) is 6.92 Å². The zero-order chi connectivity index (χ0) is 9.56. The zero-order valence-electron chi connectivity index (χ0n) is 8.72. The van der Waals surface area contributed by atoms with Gasteiger partial charge in [0.1, 0.15) is 0 Å². The van der Waals surface area contributed by atoms with Crippen LogP contribution in [0.4, 0.5) is 0 Å². The summed E-state index contributed by atoms with van der Waals surface area (Å²) in [5.41, 5.74) is 0. The van der Waals surface area contributed by atoms with Crippen molar-refractivity contribution in [2.24, 2.45) is 0 Å². The minimum absolute atomic E-state index is 0.589. The third-order valence-corrected chi connectivity index (χ3v) is 1.88. The van der Waals surface area contributed by atoms with E-state index in [0.717, 1.165) is 6.54 Å². The predicted octanol–water partition coefficient (Wildman–Crippen LogP) is 1.60. The van der Waals surface area contributed by atoms with E-state index in [1.165, 1.54) is 19.3 Å². The minimum atomic E-state index is 0.589. The molecular weight excluding hydrogens is 150 g/mol. The zero-order valence-corrected chi connectivity index (χ0v) is 8.72. The van der Waals surface area contributed by atoms with Gasteiger partial charge in [-0.05, 0) is 6.42 Å². The molecule has 0 aliphatic carbocycles. The van der Waals surface area contributed by atoms with E-state index in [1.807, 2.05) is 30.9 Å². The smallest absolute Gasteiger partial charge is 0.192 e. The highest BCUT2D eigenvalue weighted by Gasteiger charge is 2.04. The number of nitrogens with zero attached hydrogens (tertiary/aromatic N) is 2. The van der Waals surface area contributed by atoms with Gasteiger partial charge in [-0.3, -0.25) is 5.41 Å². The predicted molar refractivity (Wildman–Crippen MR) is 53.6 cm³/mol. The van der Waals surface area contributed by atoms with E-state index in [9.17, 15) is 0 Å². The van der Waals surface area contributed by atoms with Crippen LogP contribution in [-0.4, -0.2) is 43.4 Å². The molecule has 3 nitrogen and oxygen atoms in total. The van der Waals surface area contributed by atoms with Crippen molar-refractivity contribution in [3.63, 3.8) is 0 Å². The molecule has 0 heterocycles. The summed E-state index contributed by atoms with van der Waals surface area (Å²) in [4.78, 5) is 3.81. The lowest BCUT2D eigenvalue weighted by Crippen LogP contribution is -2.37. The molecule has 0 fully saturated rings. The molecule has 0 aromatic heterocycles. The molecule has 3 heteroatoms. The van der Waals surface area contributed by atoms with Crippen LogP contribution in [0.2, 0.25) is 0 Å². The fraction of sp³-hybridized carbons (Fsp3) is 0.889. The third kappa shape index (κ3) is 4.21. The van der Waals surface area contributed by atoms with E-state index in [0.29, 0.717) is 5.96 Å². The molecule has 0 atom stereocenters. The number of hydrogen-bond donors (Lipinski definition) is 1. The summed E-state index contributed by atoms with van der Waals surface area (Å²) in [6.07, 6.45) is 3.68. The molecule has 72 valence electrons. The summed E-state index contributed by atoms with van der Waals surface area (Å²) in [7, 11) is 5.77. The van der Waals surface area contributed by atoms with Crippen molar-refractivity contribution in [3.05, 3.63) is 0 Å². The summed E-state index contributed by atoms with van der Waals surface area (Å²) in [5, 5.41) is 7.64. The van der Waals surface area contributed by atoms with Gasteiger partial charge in [-0.15, -0.1) is 0 Å². The number of rotatable bonds is 4. The number of nitrogens with one attached hydrogen (secondary N) is 1. The van der Waals surface area contributed by atoms with Gasteiger partial charge in [-0.1, -0.05) is 19.8 Å². The SMILES string of the molecule is CCCCCN(C)C(=N)N(C)C. The summed E-state index contributed by atoms with van der Waals surface area (Å²) in [6, 6.07) is 0. The normalized spacial score (nSPS) is 9.67. The highest BCUT2D eigenvalue weighted by Crippen LogP contribution is 1.97. The van der Waals surface area contributed by atoms with Gasteiger partial charge >= 0.3 is 0 Å². The van der Waals surface area contributed by atoms with E-state index >= 15 is 0 Å².